The highest BCUT2D eigenvalue weighted by Crippen LogP contribution is 2.28. The number of fused-ring (bicyclic) bond motifs is 1. The summed E-state index contributed by atoms with van der Waals surface area (Å²) in [4.78, 5) is 42.7. The van der Waals surface area contributed by atoms with Crippen molar-refractivity contribution in [2.75, 3.05) is 0 Å². The van der Waals surface area contributed by atoms with Gasteiger partial charge in [0.25, 0.3) is 5.56 Å². The largest absolute Gasteiger partial charge is 0.444 e. The maximum Gasteiger partial charge on any atom is 0.407 e. The van der Waals surface area contributed by atoms with Gasteiger partial charge in [-0.25, -0.2) is 14.6 Å². The fourth-order valence-electron chi connectivity index (χ4n) is 2.81. The second-order valence-corrected chi connectivity index (χ2v) is 8.66. The highest BCUT2D eigenvalue weighted by atomic mass is 32.1. The van der Waals surface area contributed by atoms with Crippen LogP contribution in [-0.2, 0) is 32.4 Å². The zero-order chi connectivity index (χ0) is 20.8. The molecular formula is C18H23N5O4S. The Morgan fingerprint density at radius 3 is 2.46 bits per heavy atom. The van der Waals surface area contributed by atoms with Gasteiger partial charge in [-0.05, 0) is 32.9 Å². The number of hydrogen-bond donors (Lipinski definition) is 1. The van der Waals surface area contributed by atoms with Crippen LogP contribution in [0.4, 0.5) is 4.79 Å². The molecule has 3 aromatic rings. The number of amides is 1. The number of nitrogens with zero attached hydrogens (tertiary/aromatic N) is 4. The van der Waals surface area contributed by atoms with Crippen molar-refractivity contribution in [3.8, 4) is 10.7 Å². The first-order valence-electron chi connectivity index (χ1n) is 8.68. The lowest BCUT2D eigenvalue weighted by Gasteiger charge is -2.19. The molecule has 28 heavy (non-hydrogen) atoms. The lowest BCUT2D eigenvalue weighted by Crippen LogP contribution is -2.37. The molecule has 10 heteroatoms. The van der Waals surface area contributed by atoms with Gasteiger partial charge in [-0.3, -0.25) is 13.9 Å². The summed E-state index contributed by atoms with van der Waals surface area (Å²) >= 11 is 1.45. The minimum Gasteiger partial charge on any atom is -0.444 e. The number of nitrogens with one attached hydrogen (secondary N) is 1. The van der Waals surface area contributed by atoms with Crippen LogP contribution in [0.1, 0.15) is 25.6 Å². The van der Waals surface area contributed by atoms with Crippen molar-refractivity contribution in [2.24, 2.45) is 21.1 Å². The molecule has 0 saturated carbocycles. The maximum atomic E-state index is 12.5. The van der Waals surface area contributed by atoms with E-state index in [2.05, 4.69) is 10.3 Å². The number of thiophene rings is 1. The normalized spacial score (nSPS) is 11.8. The Hall–Kier alpha value is -2.88. The zero-order valence-corrected chi connectivity index (χ0v) is 17.5. The third-order valence-electron chi connectivity index (χ3n) is 4.16. The number of rotatable bonds is 3. The van der Waals surface area contributed by atoms with Crippen molar-refractivity contribution < 1.29 is 9.53 Å². The molecule has 0 aliphatic carbocycles. The monoisotopic (exact) mass is 405 g/mol. The van der Waals surface area contributed by atoms with Crippen LogP contribution < -0.4 is 16.6 Å². The molecule has 0 radical (unpaired) electrons. The summed E-state index contributed by atoms with van der Waals surface area (Å²) in [7, 11) is 4.78. The van der Waals surface area contributed by atoms with Crippen molar-refractivity contribution in [2.45, 2.75) is 32.9 Å². The van der Waals surface area contributed by atoms with Gasteiger partial charge >= 0.3 is 11.8 Å². The number of aromatic nitrogens is 4. The Labute approximate surface area is 165 Å². The molecule has 150 valence electrons. The average Bonchev–Trinajstić information content (AvgIpc) is 3.19. The molecule has 9 nitrogen and oxygen atoms in total. The predicted octanol–water partition coefficient (Wildman–Crippen LogP) is 1.72. The van der Waals surface area contributed by atoms with Crippen LogP contribution in [0.5, 0.6) is 0 Å². The molecule has 3 aromatic heterocycles. The number of alkyl carbamates (subject to hydrolysis) is 1. The first kappa shape index (κ1) is 19.9. The Morgan fingerprint density at radius 2 is 1.82 bits per heavy atom. The summed E-state index contributed by atoms with van der Waals surface area (Å²) in [5.41, 5.74) is -0.660. The summed E-state index contributed by atoms with van der Waals surface area (Å²) in [6, 6.07) is 3.76. The van der Waals surface area contributed by atoms with Crippen molar-refractivity contribution in [1.29, 1.82) is 0 Å². The van der Waals surface area contributed by atoms with Crippen LogP contribution >= 0.6 is 11.3 Å². The number of ether oxygens (including phenoxy) is 1. The molecule has 0 spiro atoms. The highest BCUT2D eigenvalue weighted by molar-refractivity contribution is 7.15. The molecule has 3 heterocycles. The van der Waals surface area contributed by atoms with Crippen LogP contribution in [0.3, 0.4) is 0 Å². The van der Waals surface area contributed by atoms with Gasteiger partial charge in [-0.1, -0.05) is 0 Å². The van der Waals surface area contributed by atoms with E-state index in [0.717, 1.165) is 14.3 Å². The van der Waals surface area contributed by atoms with E-state index in [1.54, 1.807) is 39.4 Å². The van der Waals surface area contributed by atoms with Crippen molar-refractivity contribution >= 4 is 28.6 Å². The highest BCUT2D eigenvalue weighted by Gasteiger charge is 2.19. The van der Waals surface area contributed by atoms with E-state index in [1.807, 2.05) is 12.1 Å². The number of imidazole rings is 1. The first-order chi connectivity index (χ1) is 13.0. The molecule has 0 aromatic carbocycles. The Kier molecular flexibility index (Phi) is 4.92. The number of carbonyl (C=O) groups is 1. The standard InChI is InChI=1S/C18H23N5O4S/c1-18(2,3)27-16(25)19-9-10-7-8-11(28-10)13-20-14-12(21(13)4)15(24)23(6)17(26)22(14)5/h7-8H,9H2,1-6H3,(H,19,25). The Balaban J connectivity index is 1.91. The van der Waals surface area contributed by atoms with Crippen LogP contribution in [0.2, 0.25) is 0 Å². The number of aryl methyl sites for hydroxylation is 2. The van der Waals surface area contributed by atoms with E-state index in [-0.39, 0.29) is 5.56 Å². The van der Waals surface area contributed by atoms with Crippen LogP contribution in [0.25, 0.3) is 21.9 Å². The second kappa shape index (κ2) is 6.93. The van der Waals surface area contributed by atoms with Crippen LogP contribution in [0, 0.1) is 0 Å². The van der Waals surface area contributed by atoms with Crippen molar-refractivity contribution in [3.63, 3.8) is 0 Å². The molecule has 0 fully saturated rings. The van der Waals surface area contributed by atoms with Gasteiger partial charge < -0.3 is 14.6 Å². The van der Waals surface area contributed by atoms with E-state index in [4.69, 9.17) is 4.74 Å². The molecule has 0 bridgehead atoms. The summed E-state index contributed by atoms with van der Waals surface area (Å²) < 4.78 is 9.34. The minimum atomic E-state index is -0.556. The van der Waals surface area contributed by atoms with E-state index < -0.39 is 17.4 Å². The number of hydrogen-bond acceptors (Lipinski definition) is 6. The maximum absolute atomic E-state index is 12.5. The topological polar surface area (TPSA) is 100 Å². The van der Waals surface area contributed by atoms with Gasteiger partial charge in [0.05, 0.1) is 11.4 Å². The quantitative estimate of drug-likeness (QED) is 0.715. The molecule has 0 aliphatic heterocycles. The fourth-order valence-corrected chi connectivity index (χ4v) is 3.78. The minimum absolute atomic E-state index is 0.323. The predicted molar refractivity (Wildman–Crippen MR) is 108 cm³/mol. The van der Waals surface area contributed by atoms with E-state index in [1.165, 1.54) is 23.0 Å². The fraction of sp³-hybridized carbons (Fsp3) is 0.444. The average molecular weight is 405 g/mol. The molecule has 0 atom stereocenters. The molecular weight excluding hydrogens is 382 g/mol. The SMILES string of the molecule is Cn1c(=O)c2c(nc(-c3ccc(CNC(=O)OC(C)(C)C)s3)n2C)n(C)c1=O. The first-order valence-corrected chi connectivity index (χ1v) is 9.49. The van der Waals surface area contributed by atoms with Crippen LogP contribution in [0.15, 0.2) is 21.7 Å². The van der Waals surface area contributed by atoms with Gasteiger partial charge in [0.15, 0.2) is 17.0 Å². The molecule has 1 N–H and O–H groups in total. The molecule has 1 amide bonds. The van der Waals surface area contributed by atoms with E-state index in [0.29, 0.717) is 23.5 Å². The summed E-state index contributed by atoms with van der Waals surface area (Å²) in [6.07, 6.45) is -0.483. The molecule has 0 saturated heterocycles. The van der Waals surface area contributed by atoms with E-state index in [9.17, 15) is 14.4 Å². The van der Waals surface area contributed by atoms with Gasteiger partial charge in [0, 0.05) is 26.0 Å². The Bertz CT molecular complexity index is 1180. The smallest absolute Gasteiger partial charge is 0.407 e. The summed E-state index contributed by atoms with van der Waals surface area (Å²) in [5, 5.41) is 2.72. The molecule has 3 rings (SSSR count). The zero-order valence-electron chi connectivity index (χ0n) is 16.7. The van der Waals surface area contributed by atoms with Gasteiger partial charge in [-0.15, -0.1) is 11.3 Å². The van der Waals surface area contributed by atoms with E-state index >= 15 is 0 Å². The summed E-state index contributed by atoms with van der Waals surface area (Å²) in [6.45, 7) is 5.74. The third kappa shape index (κ3) is 3.59. The number of carbonyl (C=O) groups excluding carboxylic acids is 1. The summed E-state index contributed by atoms with van der Waals surface area (Å²) in [5.74, 6) is 0.585. The van der Waals surface area contributed by atoms with Crippen molar-refractivity contribution in [1.82, 2.24) is 24.0 Å². The van der Waals surface area contributed by atoms with Gasteiger partial charge in [0.1, 0.15) is 5.60 Å². The lowest BCUT2D eigenvalue weighted by atomic mass is 10.2. The van der Waals surface area contributed by atoms with Crippen molar-refractivity contribution in [3.05, 3.63) is 37.8 Å². The van der Waals surface area contributed by atoms with Gasteiger partial charge in [0.2, 0.25) is 0 Å². The van der Waals surface area contributed by atoms with Crippen LogP contribution in [-0.4, -0.2) is 30.4 Å². The lowest BCUT2D eigenvalue weighted by molar-refractivity contribution is 0.0524. The molecule has 0 aliphatic rings. The molecule has 0 unspecified atom stereocenters. The Morgan fingerprint density at radius 1 is 1.14 bits per heavy atom. The second-order valence-electron chi connectivity index (χ2n) is 7.49. The third-order valence-corrected chi connectivity index (χ3v) is 5.24. The van der Waals surface area contributed by atoms with Gasteiger partial charge in [-0.2, -0.15) is 0 Å².